The summed E-state index contributed by atoms with van der Waals surface area (Å²) in [7, 11) is 1.60. The molecule has 0 radical (unpaired) electrons. The number of hydrogen-bond donors (Lipinski definition) is 3. The Hall–Kier alpha value is -0.870. The van der Waals surface area contributed by atoms with E-state index >= 15 is 0 Å². The summed E-state index contributed by atoms with van der Waals surface area (Å²) in [5, 5.41) is 11.2. The van der Waals surface area contributed by atoms with Crippen molar-refractivity contribution in [2.24, 2.45) is 4.99 Å². The number of aliphatic imine (C=N–C) groups is 1. The molecule has 0 aromatic carbocycles. The van der Waals surface area contributed by atoms with Gasteiger partial charge in [0.25, 0.3) is 0 Å². The second-order valence-electron chi connectivity index (χ2n) is 4.42. The third-order valence-electron chi connectivity index (χ3n) is 2.68. The zero-order valence-electron chi connectivity index (χ0n) is 13.2. The van der Waals surface area contributed by atoms with Crippen molar-refractivity contribution in [1.82, 2.24) is 16.0 Å². The lowest BCUT2D eigenvalue weighted by atomic mass is 10.3. The average Bonchev–Trinajstić information content (AvgIpc) is 2.99. The molecule has 8 heteroatoms. The van der Waals surface area contributed by atoms with E-state index in [1.54, 1.807) is 18.4 Å². The van der Waals surface area contributed by atoms with Crippen LogP contribution in [0, 0.1) is 0 Å². The van der Waals surface area contributed by atoms with Gasteiger partial charge in [-0.05, 0) is 25.3 Å². The molecule has 1 heterocycles. The van der Waals surface area contributed by atoms with Gasteiger partial charge in [-0.15, -0.1) is 35.3 Å². The number of halogens is 1. The van der Waals surface area contributed by atoms with Crippen molar-refractivity contribution in [3.8, 4) is 0 Å². The van der Waals surface area contributed by atoms with Crippen molar-refractivity contribution in [3.63, 3.8) is 0 Å². The molecule has 0 aliphatic rings. The van der Waals surface area contributed by atoms with E-state index < -0.39 is 0 Å². The Balaban J connectivity index is 0.00000441. The van der Waals surface area contributed by atoms with Gasteiger partial charge in [0.2, 0.25) is 5.91 Å². The number of rotatable bonds is 8. The van der Waals surface area contributed by atoms with Crippen LogP contribution in [0.3, 0.4) is 0 Å². The first-order valence-electron chi connectivity index (χ1n) is 7.01. The fourth-order valence-corrected chi connectivity index (χ4v) is 2.37. The van der Waals surface area contributed by atoms with Gasteiger partial charge in [0.05, 0.1) is 12.6 Å². The first kappa shape index (κ1) is 21.1. The molecule has 0 bridgehead atoms. The van der Waals surface area contributed by atoms with Crippen molar-refractivity contribution < 1.29 is 9.53 Å². The molecule has 22 heavy (non-hydrogen) atoms. The van der Waals surface area contributed by atoms with Gasteiger partial charge in [-0.1, -0.05) is 6.07 Å². The van der Waals surface area contributed by atoms with Crippen molar-refractivity contribution in [3.05, 3.63) is 22.4 Å². The fraction of sp³-hybridized carbons (Fsp3) is 0.571. The van der Waals surface area contributed by atoms with Gasteiger partial charge >= 0.3 is 0 Å². The monoisotopic (exact) mass is 440 g/mol. The Morgan fingerprint density at radius 3 is 2.82 bits per heavy atom. The first-order chi connectivity index (χ1) is 10.2. The Kier molecular flexibility index (Phi) is 12.2. The molecule has 0 aliphatic heterocycles. The number of methoxy groups -OCH3 is 1. The summed E-state index contributed by atoms with van der Waals surface area (Å²) in [4.78, 5) is 17.1. The van der Waals surface area contributed by atoms with Gasteiger partial charge in [-0.2, -0.15) is 0 Å². The van der Waals surface area contributed by atoms with E-state index in [-0.39, 0.29) is 42.5 Å². The van der Waals surface area contributed by atoms with Crippen LogP contribution in [-0.4, -0.2) is 45.2 Å². The summed E-state index contributed by atoms with van der Waals surface area (Å²) in [6, 6.07) is 4.24. The highest BCUT2D eigenvalue weighted by Gasteiger charge is 2.09. The largest absolute Gasteiger partial charge is 0.383 e. The minimum absolute atomic E-state index is 0. The lowest BCUT2D eigenvalue weighted by molar-refractivity contribution is -0.119. The first-order valence-corrected chi connectivity index (χ1v) is 7.89. The molecular weight excluding hydrogens is 415 g/mol. The molecule has 0 fully saturated rings. The predicted molar refractivity (Wildman–Crippen MR) is 102 cm³/mol. The summed E-state index contributed by atoms with van der Waals surface area (Å²) in [6.45, 7) is 5.90. The minimum Gasteiger partial charge on any atom is -0.383 e. The Labute approximate surface area is 153 Å². The van der Waals surface area contributed by atoms with Crippen LogP contribution >= 0.6 is 35.3 Å². The molecule has 0 aliphatic carbocycles. The second-order valence-corrected chi connectivity index (χ2v) is 5.40. The van der Waals surface area contributed by atoms with Crippen LogP contribution in [0.25, 0.3) is 0 Å². The van der Waals surface area contributed by atoms with E-state index in [0.717, 1.165) is 6.54 Å². The molecule has 1 rings (SSSR count). The Morgan fingerprint density at radius 2 is 2.23 bits per heavy atom. The normalized spacial score (nSPS) is 12.2. The number of guanidine groups is 1. The van der Waals surface area contributed by atoms with Gasteiger partial charge in [0, 0.05) is 25.1 Å². The maximum Gasteiger partial charge on any atom is 0.241 e. The van der Waals surface area contributed by atoms with Crippen LogP contribution in [0.5, 0.6) is 0 Å². The minimum atomic E-state index is -0.118. The van der Waals surface area contributed by atoms with E-state index in [2.05, 4.69) is 33.9 Å². The number of amides is 1. The van der Waals surface area contributed by atoms with Crippen LogP contribution in [0.2, 0.25) is 0 Å². The summed E-state index contributed by atoms with van der Waals surface area (Å²) < 4.78 is 4.88. The number of carbonyl (C=O) groups is 1. The van der Waals surface area contributed by atoms with Gasteiger partial charge in [0.1, 0.15) is 6.54 Å². The Bertz CT molecular complexity index is 440. The van der Waals surface area contributed by atoms with Crippen LogP contribution in [0.1, 0.15) is 24.8 Å². The molecule has 0 saturated heterocycles. The molecule has 3 N–H and O–H groups in total. The highest BCUT2D eigenvalue weighted by molar-refractivity contribution is 14.0. The topological polar surface area (TPSA) is 74.8 Å². The van der Waals surface area contributed by atoms with E-state index in [0.29, 0.717) is 19.1 Å². The lowest BCUT2D eigenvalue weighted by Gasteiger charge is -2.16. The van der Waals surface area contributed by atoms with Crippen molar-refractivity contribution in [2.45, 2.75) is 19.9 Å². The van der Waals surface area contributed by atoms with Crippen molar-refractivity contribution >= 4 is 47.2 Å². The van der Waals surface area contributed by atoms with Gasteiger partial charge in [-0.3, -0.25) is 4.79 Å². The van der Waals surface area contributed by atoms with Crippen molar-refractivity contribution in [2.75, 3.05) is 33.4 Å². The summed E-state index contributed by atoms with van der Waals surface area (Å²) in [5.41, 5.74) is 0. The summed E-state index contributed by atoms with van der Waals surface area (Å²) in [6.07, 6.45) is 0. The molecule has 0 saturated carbocycles. The molecule has 1 amide bonds. The maximum atomic E-state index is 11.6. The van der Waals surface area contributed by atoms with E-state index in [1.165, 1.54) is 4.88 Å². The maximum absolute atomic E-state index is 11.6. The van der Waals surface area contributed by atoms with E-state index in [9.17, 15) is 4.79 Å². The summed E-state index contributed by atoms with van der Waals surface area (Å²) >= 11 is 1.69. The highest BCUT2D eigenvalue weighted by Crippen LogP contribution is 2.17. The molecule has 1 aromatic rings. The zero-order chi connectivity index (χ0) is 15.5. The number of carbonyl (C=O) groups excluding carboxylic acids is 1. The smallest absolute Gasteiger partial charge is 0.241 e. The van der Waals surface area contributed by atoms with Crippen molar-refractivity contribution in [1.29, 1.82) is 0 Å². The highest BCUT2D eigenvalue weighted by atomic mass is 127. The average molecular weight is 440 g/mol. The zero-order valence-corrected chi connectivity index (χ0v) is 16.4. The summed E-state index contributed by atoms with van der Waals surface area (Å²) in [5.74, 6) is 0.522. The Morgan fingerprint density at radius 1 is 1.45 bits per heavy atom. The number of nitrogens with one attached hydrogen (secondary N) is 3. The van der Waals surface area contributed by atoms with Gasteiger partial charge in [-0.25, -0.2) is 4.99 Å². The molecule has 126 valence electrons. The standard InChI is InChI=1S/C14H24N4O2S.HI/c1-4-15-14(17-10-13(19)16-7-8-20-3)18-11(2)12-6-5-9-21-12;/h5-6,9,11H,4,7-8,10H2,1-3H3,(H,16,19)(H2,15,17,18);1H. The van der Waals surface area contributed by atoms with Gasteiger partial charge < -0.3 is 20.7 Å². The van der Waals surface area contributed by atoms with Crippen LogP contribution in [0.15, 0.2) is 22.5 Å². The van der Waals surface area contributed by atoms with Gasteiger partial charge in [0.15, 0.2) is 5.96 Å². The van der Waals surface area contributed by atoms with E-state index in [1.807, 2.05) is 18.4 Å². The molecule has 1 aromatic heterocycles. The molecule has 6 nitrogen and oxygen atoms in total. The predicted octanol–water partition coefficient (Wildman–Crippen LogP) is 1.74. The third kappa shape index (κ3) is 8.54. The number of nitrogens with zero attached hydrogens (tertiary/aromatic N) is 1. The SMILES string of the molecule is CCNC(=NCC(=O)NCCOC)NC(C)c1cccs1.I. The lowest BCUT2D eigenvalue weighted by Crippen LogP contribution is -2.39. The fourth-order valence-electron chi connectivity index (χ4n) is 1.63. The number of thiophene rings is 1. The molecule has 1 atom stereocenters. The third-order valence-corrected chi connectivity index (χ3v) is 3.73. The van der Waals surface area contributed by atoms with Crippen LogP contribution in [0.4, 0.5) is 0 Å². The molecule has 1 unspecified atom stereocenters. The second kappa shape index (κ2) is 12.7. The van der Waals surface area contributed by atoms with E-state index in [4.69, 9.17) is 4.74 Å². The quantitative estimate of drug-likeness (QED) is 0.249. The number of ether oxygens (including phenoxy) is 1. The number of hydrogen-bond acceptors (Lipinski definition) is 4. The van der Waals surface area contributed by atoms with Crippen LogP contribution < -0.4 is 16.0 Å². The van der Waals surface area contributed by atoms with Crippen LogP contribution in [-0.2, 0) is 9.53 Å². The molecule has 0 spiro atoms. The molecular formula is C14H25IN4O2S.